The maximum Gasteiger partial charge on any atom is 0.146 e. The fraction of sp³-hybridized carbons (Fsp3) is 0.583. The van der Waals surface area contributed by atoms with E-state index in [9.17, 15) is 4.79 Å². The van der Waals surface area contributed by atoms with Gasteiger partial charge < -0.3 is 0 Å². The third-order valence-electron chi connectivity index (χ3n) is 3.17. The third kappa shape index (κ3) is 2.47. The number of carbonyl (C=O) groups is 1. The number of rotatable bonds is 2. The molecule has 15 heavy (non-hydrogen) atoms. The molecule has 0 aromatic carbocycles. The molecule has 2 rings (SSSR count). The van der Waals surface area contributed by atoms with Crippen molar-refractivity contribution >= 4 is 17.1 Å². The van der Waals surface area contributed by atoms with Crippen LogP contribution in [0.5, 0.6) is 0 Å². The molecule has 0 atom stereocenters. The van der Waals surface area contributed by atoms with Crippen molar-refractivity contribution in [1.29, 1.82) is 0 Å². The number of ketones is 1. The van der Waals surface area contributed by atoms with Crippen LogP contribution in [0.15, 0.2) is 17.5 Å². The van der Waals surface area contributed by atoms with E-state index in [1.54, 1.807) is 11.3 Å². The van der Waals surface area contributed by atoms with Gasteiger partial charge in [-0.1, -0.05) is 6.07 Å². The Kier molecular flexibility index (Phi) is 2.94. The molecule has 0 amide bonds. The molecule has 0 bridgehead atoms. The molecule has 1 aliphatic rings. The van der Waals surface area contributed by atoms with E-state index in [0.29, 0.717) is 12.3 Å². The van der Waals surface area contributed by atoms with E-state index < -0.39 is 0 Å². The van der Waals surface area contributed by atoms with Gasteiger partial charge in [-0.3, -0.25) is 9.69 Å². The first kappa shape index (κ1) is 10.8. The lowest BCUT2D eigenvalue weighted by Crippen LogP contribution is -2.49. The predicted octanol–water partition coefficient (Wildman–Crippen LogP) is 2.69. The van der Waals surface area contributed by atoms with Crippen molar-refractivity contribution in [2.24, 2.45) is 0 Å². The third-order valence-corrected chi connectivity index (χ3v) is 4.03. The summed E-state index contributed by atoms with van der Waals surface area (Å²) in [4.78, 5) is 15.1. The second-order valence-corrected chi connectivity index (χ2v) is 5.82. The molecule has 2 nitrogen and oxygen atoms in total. The summed E-state index contributed by atoms with van der Waals surface area (Å²) in [6.07, 6.45) is 1.73. The van der Waals surface area contributed by atoms with Gasteiger partial charge in [0.1, 0.15) is 5.78 Å². The van der Waals surface area contributed by atoms with Crippen LogP contribution in [0, 0.1) is 0 Å². The average molecular weight is 223 g/mol. The highest BCUT2D eigenvalue weighted by Crippen LogP contribution is 2.28. The van der Waals surface area contributed by atoms with Gasteiger partial charge in [0, 0.05) is 23.4 Å². The van der Waals surface area contributed by atoms with E-state index in [1.807, 2.05) is 0 Å². The van der Waals surface area contributed by atoms with Crippen molar-refractivity contribution in [3.8, 4) is 0 Å². The summed E-state index contributed by atoms with van der Waals surface area (Å²) >= 11 is 1.77. The molecule has 0 saturated carbocycles. The number of carbonyl (C=O) groups excluding carboxylic acids is 1. The molecule has 0 N–H and O–H groups in total. The Morgan fingerprint density at radius 2 is 2.33 bits per heavy atom. The Morgan fingerprint density at radius 3 is 3.00 bits per heavy atom. The lowest BCUT2D eigenvalue weighted by atomic mass is 9.90. The van der Waals surface area contributed by atoms with Crippen LogP contribution in [0.1, 0.15) is 31.6 Å². The van der Waals surface area contributed by atoms with E-state index in [1.165, 1.54) is 4.88 Å². The van der Waals surface area contributed by atoms with Crippen LogP contribution >= 0.6 is 11.3 Å². The summed E-state index contributed by atoms with van der Waals surface area (Å²) < 4.78 is 0. The Bertz CT molecular complexity index is 343. The standard InChI is InChI=1S/C12H17NOS/c1-12(2)6-5-10(14)8-13(12)9-11-4-3-7-15-11/h3-4,7H,5-6,8-9H2,1-2H3. The van der Waals surface area contributed by atoms with Crippen LogP contribution in [0.25, 0.3) is 0 Å². The second kappa shape index (κ2) is 4.06. The number of hydrogen-bond acceptors (Lipinski definition) is 3. The highest BCUT2D eigenvalue weighted by Gasteiger charge is 2.33. The fourth-order valence-corrected chi connectivity index (χ4v) is 2.69. The summed E-state index contributed by atoms with van der Waals surface area (Å²) in [5.74, 6) is 0.380. The van der Waals surface area contributed by atoms with Crippen LogP contribution in [-0.4, -0.2) is 22.8 Å². The van der Waals surface area contributed by atoms with Gasteiger partial charge in [0.15, 0.2) is 0 Å². The molecule has 1 aromatic heterocycles. The first-order valence-corrected chi connectivity index (χ1v) is 6.25. The predicted molar refractivity (Wildman–Crippen MR) is 63.0 cm³/mol. The number of piperidine rings is 1. The normalized spacial score (nSPS) is 21.9. The van der Waals surface area contributed by atoms with Crippen molar-refractivity contribution in [2.45, 2.75) is 38.8 Å². The van der Waals surface area contributed by atoms with Crippen molar-refractivity contribution in [1.82, 2.24) is 4.90 Å². The Hall–Kier alpha value is -0.670. The number of Topliss-reactive ketones (excluding diaryl/α,β-unsaturated/α-hetero) is 1. The van der Waals surface area contributed by atoms with E-state index in [4.69, 9.17) is 0 Å². The lowest BCUT2D eigenvalue weighted by molar-refractivity contribution is -0.126. The maximum atomic E-state index is 11.5. The molecular weight excluding hydrogens is 206 g/mol. The van der Waals surface area contributed by atoms with Gasteiger partial charge in [0.25, 0.3) is 0 Å². The minimum absolute atomic E-state index is 0.165. The SMILES string of the molecule is CC1(C)CCC(=O)CN1Cc1cccs1. The molecule has 3 heteroatoms. The van der Waals surface area contributed by atoms with Gasteiger partial charge in [-0.15, -0.1) is 11.3 Å². The van der Waals surface area contributed by atoms with E-state index in [0.717, 1.165) is 19.4 Å². The highest BCUT2D eigenvalue weighted by atomic mass is 32.1. The zero-order valence-corrected chi connectivity index (χ0v) is 10.1. The van der Waals surface area contributed by atoms with Crippen LogP contribution in [0.2, 0.25) is 0 Å². The van der Waals surface area contributed by atoms with Gasteiger partial charge in [-0.2, -0.15) is 0 Å². The molecule has 1 aromatic rings. The van der Waals surface area contributed by atoms with Gasteiger partial charge in [-0.05, 0) is 31.7 Å². The molecule has 1 saturated heterocycles. The number of nitrogens with zero attached hydrogens (tertiary/aromatic N) is 1. The molecule has 2 heterocycles. The molecule has 1 aliphatic heterocycles. The summed E-state index contributed by atoms with van der Waals surface area (Å²) in [5, 5.41) is 2.09. The minimum Gasteiger partial charge on any atom is -0.298 e. The fourth-order valence-electron chi connectivity index (χ4n) is 1.97. The van der Waals surface area contributed by atoms with Crippen molar-refractivity contribution in [2.75, 3.05) is 6.54 Å². The quantitative estimate of drug-likeness (QED) is 0.768. The Balaban J connectivity index is 2.08. The van der Waals surface area contributed by atoms with E-state index in [2.05, 4.69) is 36.3 Å². The number of thiophene rings is 1. The summed E-state index contributed by atoms with van der Waals surface area (Å²) in [6, 6.07) is 4.21. The number of likely N-dealkylation sites (tertiary alicyclic amines) is 1. The molecule has 0 spiro atoms. The van der Waals surface area contributed by atoms with Crippen molar-refractivity contribution < 1.29 is 4.79 Å². The molecular formula is C12H17NOS. The Morgan fingerprint density at radius 1 is 1.53 bits per heavy atom. The summed E-state index contributed by atoms with van der Waals surface area (Å²) in [6.45, 7) is 5.99. The van der Waals surface area contributed by atoms with Crippen LogP contribution < -0.4 is 0 Å². The monoisotopic (exact) mass is 223 g/mol. The van der Waals surface area contributed by atoms with Crippen LogP contribution in [0.3, 0.4) is 0 Å². The van der Waals surface area contributed by atoms with Gasteiger partial charge in [0.05, 0.1) is 6.54 Å². The summed E-state index contributed by atoms with van der Waals surface area (Å²) in [7, 11) is 0. The van der Waals surface area contributed by atoms with Gasteiger partial charge in [-0.25, -0.2) is 0 Å². The molecule has 0 aliphatic carbocycles. The molecule has 0 radical (unpaired) electrons. The largest absolute Gasteiger partial charge is 0.298 e. The van der Waals surface area contributed by atoms with E-state index in [-0.39, 0.29) is 5.54 Å². The first-order chi connectivity index (χ1) is 7.08. The molecule has 0 unspecified atom stereocenters. The van der Waals surface area contributed by atoms with Crippen molar-refractivity contribution in [3.63, 3.8) is 0 Å². The van der Waals surface area contributed by atoms with E-state index >= 15 is 0 Å². The highest BCUT2D eigenvalue weighted by molar-refractivity contribution is 7.09. The summed E-state index contributed by atoms with van der Waals surface area (Å²) in [5.41, 5.74) is 0.165. The first-order valence-electron chi connectivity index (χ1n) is 5.37. The maximum absolute atomic E-state index is 11.5. The zero-order valence-electron chi connectivity index (χ0n) is 9.32. The van der Waals surface area contributed by atoms with Crippen LogP contribution in [-0.2, 0) is 11.3 Å². The number of hydrogen-bond donors (Lipinski definition) is 0. The smallest absolute Gasteiger partial charge is 0.146 e. The minimum atomic E-state index is 0.165. The van der Waals surface area contributed by atoms with Gasteiger partial charge in [0.2, 0.25) is 0 Å². The average Bonchev–Trinajstić information content (AvgIpc) is 2.65. The van der Waals surface area contributed by atoms with Gasteiger partial charge >= 0.3 is 0 Å². The Labute approximate surface area is 94.9 Å². The van der Waals surface area contributed by atoms with Crippen molar-refractivity contribution in [3.05, 3.63) is 22.4 Å². The van der Waals surface area contributed by atoms with Crippen LogP contribution in [0.4, 0.5) is 0 Å². The topological polar surface area (TPSA) is 20.3 Å². The zero-order chi connectivity index (χ0) is 10.9. The molecule has 1 fully saturated rings. The second-order valence-electron chi connectivity index (χ2n) is 4.79. The lowest BCUT2D eigenvalue weighted by Gasteiger charge is -2.41. The molecule has 82 valence electrons.